The third-order valence-corrected chi connectivity index (χ3v) is 4.98. The summed E-state index contributed by atoms with van der Waals surface area (Å²) in [7, 11) is 0. The number of hydrogen-bond donors (Lipinski definition) is 1. The first-order valence-corrected chi connectivity index (χ1v) is 8.20. The van der Waals surface area contributed by atoms with E-state index in [0.29, 0.717) is 20.6 Å². The van der Waals surface area contributed by atoms with E-state index in [1.54, 1.807) is 24.3 Å². The van der Waals surface area contributed by atoms with Crippen molar-refractivity contribution in [2.75, 3.05) is 0 Å². The van der Waals surface area contributed by atoms with Gasteiger partial charge in [0.15, 0.2) is 0 Å². The van der Waals surface area contributed by atoms with E-state index in [4.69, 9.17) is 34.8 Å². The van der Waals surface area contributed by atoms with Gasteiger partial charge in [-0.1, -0.05) is 40.9 Å². The first-order chi connectivity index (χ1) is 10.6. The van der Waals surface area contributed by atoms with Crippen molar-refractivity contribution in [2.45, 2.75) is 24.8 Å². The van der Waals surface area contributed by atoms with Crippen LogP contribution in [0.2, 0.25) is 15.1 Å². The van der Waals surface area contributed by atoms with Crippen molar-refractivity contribution in [3.8, 4) is 0 Å². The van der Waals surface area contributed by atoms with E-state index in [9.17, 15) is 4.79 Å². The zero-order valence-electron chi connectivity index (χ0n) is 11.7. The van der Waals surface area contributed by atoms with E-state index in [1.165, 1.54) is 0 Å². The highest BCUT2D eigenvalue weighted by Crippen LogP contribution is 2.43. The quantitative estimate of drug-likeness (QED) is 0.793. The van der Waals surface area contributed by atoms with Gasteiger partial charge in [0.2, 0.25) is 0 Å². The molecule has 22 heavy (non-hydrogen) atoms. The second kappa shape index (κ2) is 6.49. The second-order valence-corrected chi connectivity index (χ2v) is 6.66. The summed E-state index contributed by atoms with van der Waals surface area (Å²) < 4.78 is 0. The van der Waals surface area contributed by atoms with Gasteiger partial charge in [0, 0.05) is 32.6 Å². The Balaban J connectivity index is 1.74. The molecule has 0 aliphatic heterocycles. The summed E-state index contributed by atoms with van der Waals surface area (Å²) in [5.74, 6) is 0.0620. The highest BCUT2D eigenvalue weighted by Gasteiger charge is 2.35. The van der Waals surface area contributed by atoms with Crippen LogP contribution >= 0.6 is 34.8 Å². The lowest BCUT2D eigenvalue weighted by molar-refractivity contribution is 0.0904. The molecule has 0 radical (unpaired) electrons. The molecular formula is C17H14Cl3NO. The Labute approximate surface area is 144 Å². The molecule has 3 rings (SSSR count). The Kier molecular flexibility index (Phi) is 4.62. The minimum Gasteiger partial charge on any atom is -0.349 e. The van der Waals surface area contributed by atoms with Crippen molar-refractivity contribution in [2.24, 2.45) is 0 Å². The minimum absolute atomic E-state index is 0.0561. The average Bonchev–Trinajstić information content (AvgIpc) is 2.48. The standard InChI is InChI=1S/C17H14Cl3NO/c18-11-6-4-10(5-7-11)17(22)21-15-9-8-12(15)16-13(19)2-1-3-14(16)20/h1-7,12,15H,8-9H2,(H,21,22). The molecule has 0 spiro atoms. The van der Waals surface area contributed by atoms with Crippen LogP contribution in [-0.2, 0) is 0 Å². The van der Waals surface area contributed by atoms with Crippen molar-refractivity contribution < 1.29 is 4.79 Å². The van der Waals surface area contributed by atoms with Crippen LogP contribution in [0.4, 0.5) is 0 Å². The Morgan fingerprint density at radius 1 is 0.955 bits per heavy atom. The van der Waals surface area contributed by atoms with Crippen LogP contribution in [-0.4, -0.2) is 11.9 Å². The van der Waals surface area contributed by atoms with Gasteiger partial charge in [-0.05, 0) is 54.8 Å². The number of carbonyl (C=O) groups is 1. The molecule has 0 saturated heterocycles. The molecule has 114 valence electrons. The highest BCUT2D eigenvalue weighted by atomic mass is 35.5. The largest absolute Gasteiger partial charge is 0.349 e. The second-order valence-electron chi connectivity index (χ2n) is 5.41. The number of hydrogen-bond acceptors (Lipinski definition) is 1. The lowest BCUT2D eigenvalue weighted by Gasteiger charge is -2.38. The molecule has 0 heterocycles. The molecule has 5 heteroatoms. The highest BCUT2D eigenvalue weighted by molar-refractivity contribution is 6.36. The molecule has 1 aliphatic carbocycles. The van der Waals surface area contributed by atoms with Crippen molar-refractivity contribution in [3.05, 3.63) is 68.7 Å². The summed E-state index contributed by atoms with van der Waals surface area (Å²) in [6.45, 7) is 0. The average molecular weight is 355 g/mol. The molecular weight excluding hydrogens is 341 g/mol. The van der Waals surface area contributed by atoms with Gasteiger partial charge >= 0.3 is 0 Å². The van der Waals surface area contributed by atoms with Gasteiger partial charge < -0.3 is 5.32 Å². The summed E-state index contributed by atoms with van der Waals surface area (Å²) >= 11 is 18.4. The first kappa shape index (κ1) is 15.7. The Hall–Kier alpha value is -1.22. The topological polar surface area (TPSA) is 29.1 Å². The fourth-order valence-corrected chi connectivity index (χ4v) is 3.54. The molecule has 2 aromatic carbocycles. The van der Waals surface area contributed by atoms with Gasteiger partial charge in [-0.3, -0.25) is 4.79 Å². The molecule has 1 aliphatic rings. The molecule has 1 amide bonds. The molecule has 1 N–H and O–H groups in total. The van der Waals surface area contributed by atoms with E-state index < -0.39 is 0 Å². The molecule has 1 saturated carbocycles. The van der Waals surface area contributed by atoms with Crippen LogP contribution < -0.4 is 5.32 Å². The van der Waals surface area contributed by atoms with Gasteiger partial charge in [-0.2, -0.15) is 0 Å². The number of amides is 1. The van der Waals surface area contributed by atoms with Crippen molar-refractivity contribution in [1.29, 1.82) is 0 Å². The maximum atomic E-state index is 12.3. The number of carbonyl (C=O) groups excluding carboxylic acids is 1. The summed E-state index contributed by atoms with van der Waals surface area (Å²) in [6, 6.07) is 12.4. The van der Waals surface area contributed by atoms with Crippen molar-refractivity contribution in [1.82, 2.24) is 5.32 Å². The third-order valence-electron chi connectivity index (χ3n) is 4.07. The van der Waals surface area contributed by atoms with Crippen LogP contribution in [0.5, 0.6) is 0 Å². The van der Waals surface area contributed by atoms with Crippen molar-refractivity contribution >= 4 is 40.7 Å². The number of rotatable bonds is 3. The van der Waals surface area contributed by atoms with E-state index in [0.717, 1.165) is 18.4 Å². The minimum atomic E-state index is -0.102. The Morgan fingerprint density at radius 2 is 1.59 bits per heavy atom. The SMILES string of the molecule is O=C(NC1CCC1c1c(Cl)cccc1Cl)c1ccc(Cl)cc1. The van der Waals surface area contributed by atoms with E-state index >= 15 is 0 Å². The monoisotopic (exact) mass is 353 g/mol. The van der Waals surface area contributed by atoms with Crippen LogP contribution in [0, 0.1) is 0 Å². The van der Waals surface area contributed by atoms with Crippen LogP contribution in [0.3, 0.4) is 0 Å². The van der Waals surface area contributed by atoms with Gasteiger partial charge in [-0.15, -0.1) is 0 Å². The molecule has 2 atom stereocenters. The van der Waals surface area contributed by atoms with Gasteiger partial charge in [0.25, 0.3) is 5.91 Å². The van der Waals surface area contributed by atoms with E-state index in [-0.39, 0.29) is 17.9 Å². The fraction of sp³-hybridized carbons (Fsp3) is 0.235. The number of benzene rings is 2. The van der Waals surface area contributed by atoms with E-state index in [1.807, 2.05) is 18.2 Å². The molecule has 1 fully saturated rings. The Bertz CT molecular complexity index is 679. The zero-order chi connectivity index (χ0) is 15.7. The fourth-order valence-electron chi connectivity index (χ4n) is 2.74. The molecule has 2 nitrogen and oxygen atoms in total. The first-order valence-electron chi connectivity index (χ1n) is 7.06. The summed E-state index contributed by atoms with van der Waals surface area (Å²) in [4.78, 5) is 12.3. The molecule has 2 aromatic rings. The summed E-state index contributed by atoms with van der Waals surface area (Å²) in [5, 5.41) is 4.98. The maximum Gasteiger partial charge on any atom is 0.251 e. The normalized spacial score (nSPS) is 20.3. The lowest BCUT2D eigenvalue weighted by Crippen LogP contribution is -2.45. The number of nitrogens with one attached hydrogen (secondary N) is 1. The zero-order valence-corrected chi connectivity index (χ0v) is 13.9. The van der Waals surface area contributed by atoms with Gasteiger partial charge in [0.05, 0.1) is 0 Å². The van der Waals surface area contributed by atoms with Gasteiger partial charge in [-0.25, -0.2) is 0 Å². The molecule has 0 bridgehead atoms. The third kappa shape index (κ3) is 3.10. The predicted octanol–water partition coefficient (Wildman–Crippen LogP) is 5.32. The maximum absolute atomic E-state index is 12.3. The van der Waals surface area contributed by atoms with Crippen molar-refractivity contribution in [3.63, 3.8) is 0 Å². The van der Waals surface area contributed by atoms with E-state index in [2.05, 4.69) is 5.32 Å². The van der Waals surface area contributed by atoms with Crippen LogP contribution in [0.1, 0.15) is 34.7 Å². The summed E-state index contributed by atoms with van der Waals surface area (Å²) in [6.07, 6.45) is 1.89. The summed E-state index contributed by atoms with van der Waals surface area (Å²) in [5.41, 5.74) is 1.53. The van der Waals surface area contributed by atoms with Crippen LogP contribution in [0.15, 0.2) is 42.5 Å². The molecule has 0 aromatic heterocycles. The Morgan fingerprint density at radius 3 is 2.14 bits per heavy atom. The number of halogens is 3. The lowest BCUT2D eigenvalue weighted by atomic mass is 9.75. The van der Waals surface area contributed by atoms with Crippen LogP contribution in [0.25, 0.3) is 0 Å². The van der Waals surface area contributed by atoms with Gasteiger partial charge in [0.1, 0.15) is 0 Å². The smallest absolute Gasteiger partial charge is 0.251 e. The molecule has 2 unspecified atom stereocenters. The predicted molar refractivity (Wildman–Crippen MR) is 91.1 cm³/mol.